The summed E-state index contributed by atoms with van der Waals surface area (Å²) in [5.74, 6) is -1.28. The number of nitrogens with one attached hydrogen (secondary N) is 2. The van der Waals surface area contributed by atoms with Gasteiger partial charge in [0.15, 0.2) is 0 Å². The van der Waals surface area contributed by atoms with E-state index in [1.807, 2.05) is 0 Å². The Morgan fingerprint density at radius 1 is 1.41 bits per heavy atom. The molecule has 9 nitrogen and oxygen atoms in total. The Morgan fingerprint density at radius 3 is 2.50 bits per heavy atom. The zero-order valence-corrected chi connectivity index (χ0v) is 12.9. The van der Waals surface area contributed by atoms with E-state index >= 15 is 0 Å². The molecule has 6 N–H and O–H groups in total. The van der Waals surface area contributed by atoms with Gasteiger partial charge in [0.05, 0.1) is 4.90 Å². The summed E-state index contributed by atoms with van der Waals surface area (Å²) in [5, 5.41) is 13.1. The van der Waals surface area contributed by atoms with Gasteiger partial charge in [-0.1, -0.05) is 11.6 Å². The zero-order chi connectivity index (χ0) is 17.1. The van der Waals surface area contributed by atoms with Gasteiger partial charge in [0.1, 0.15) is 6.04 Å². The van der Waals surface area contributed by atoms with Crippen molar-refractivity contribution in [3.8, 4) is 0 Å². The van der Waals surface area contributed by atoms with Gasteiger partial charge in [0.2, 0.25) is 0 Å². The highest BCUT2D eigenvalue weighted by Crippen LogP contribution is 2.27. The second-order valence-electron chi connectivity index (χ2n) is 4.33. The van der Waals surface area contributed by atoms with Crippen LogP contribution in [0.5, 0.6) is 0 Å². The van der Waals surface area contributed by atoms with E-state index in [1.165, 1.54) is 6.92 Å². The summed E-state index contributed by atoms with van der Waals surface area (Å²) >= 11 is 5.83. The summed E-state index contributed by atoms with van der Waals surface area (Å²) in [5.41, 5.74) is 5.63. The number of hydrogen-bond donors (Lipinski definition) is 5. The molecule has 0 aliphatic carbocycles. The Balaban J connectivity index is 2.91. The molecule has 122 valence electrons. The van der Waals surface area contributed by atoms with Gasteiger partial charge in [0.25, 0.3) is 10.1 Å². The van der Waals surface area contributed by atoms with Gasteiger partial charge in [-0.2, -0.15) is 8.42 Å². The Bertz CT molecular complexity index is 706. The Labute approximate surface area is 131 Å². The molecule has 1 aromatic carbocycles. The largest absolute Gasteiger partial charge is 0.480 e. The minimum absolute atomic E-state index is 0.0210. The summed E-state index contributed by atoms with van der Waals surface area (Å²) in [6.07, 6.45) is 0. The molecule has 0 fully saturated rings. The monoisotopic (exact) mass is 351 g/mol. The highest BCUT2D eigenvalue weighted by molar-refractivity contribution is 7.85. The third-order valence-corrected chi connectivity index (χ3v) is 3.89. The van der Waals surface area contributed by atoms with Gasteiger partial charge in [0, 0.05) is 17.3 Å². The number of urea groups is 1. The second kappa shape index (κ2) is 6.92. The Morgan fingerprint density at radius 2 is 2.00 bits per heavy atom. The SMILES string of the molecule is Cc1c(Cl)cc(S(=O)(=O)O)cc1NC(=O)NC[C@@H](N)C(=O)O. The molecule has 22 heavy (non-hydrogen) atoms. The first-order valence-electron chi connectivity index (χ1n) is 5.83. The highest BCUT2D eigenvalue weighted by Gasteiger charge is 2.17. The van der Waals surface area contributed by atoms with Crippen molar-refractivity contribution < 1.29 is 27.7 Å². The number of benzene rings is 1. The second-order valence-corrected chi connectivity index (χ2v) is 6.16. The predicted octanol–water partition coefficient (Wildman–Crippen LogP) is 0.429. The van der Waals surface area contributed by atoms with E-state index in [2.05, 4.69) is 10.6 Å². The number of hydrogen-bond acceptors (Lipinski definition) is 5. The van der Waals surface area contributed by atoms with Crippen LogP contribution in [-0.2, 0) is 14.9 Å². The average molecular weight is 352 g/mol. The highest BCUT2D eigenvalue weighted by atomic mass is 35.5. The summed E-state index contributed by atoms with van der Waals surface area (Å²) in [6.45, 7) is 1.20. The van der Waals surface area contributed by atoms with Crippen LogP contribution in [0.2, 0.25) is 5.02 Å². The molecule has 1 atom stereocenters. The molecule has 0 heterocycles. The van der Waals surface area contributed by atoms with E-state index in [4.69, 9.17) is 27.0 Å². The van der Waals surface area contributed by atoms with Crippen molar-refractivity contribution in [2.75, 3.05) is 11.9 Å². The number of halogens is 1. The van der Waals surface area contributed by atoms with Crippen LogP contribution in [-0.4, -0.2) is 42.7 Å². The first-order valence-corrected chi connectivity index (χ1v) is 7.65. The predicted molar refractivity (Wildman–Crippen MR) is 78.6 cm³/mol. The van der Waals surface area contributed by atoms with E-state index in [-0.39, 0.29) is 17.3 Å². The van der Waals surface area contributed by atoms with Crippen LogP contribution < -0.4 is 16.4 Å². The molecule has 1 rings (SSSR count). The molecule has 0 radical (unpaired) electrons. The lowest BCUT2D eigenvalue weighted by Gasteiger charge is -2.13. The van der Waals surface area contributed by atoms with E-state index < -0.39 is 33.1 Å². The Kier molecular flexibility index (Phi) is 5.72. The van der Waals surface area contributed by atoms with E-state index in [0.29, 0.717) is 5.56 Å². The van der Waals surface area contributed by atoms with Crippen LogP contribution in [0.25, 0.3) is 0 Å². The fourth-order valence-corrected chi connectivity index (χ4v) is 2.21. The third-order valence-electron chi connectivity index (χ3n) is 2.66. The van der Waals surface area contributed by atoms with Crippen molar-refractivity contribution in [1.29, 1.82) is 0 Å². The lowest BCUT2D eigenvalue weighted by molar-refractivity contribution is -0.138. The lowest BCUT2D eigenvalue weighted by Crippen LogP contribution is -2.43. The Hall–Kier alpha value is -1.88. The number of nitrogens with two attached hydrogens (primary N) is 1. The average Bonchev–Trinajstić information content (AvgIpc) is 2.39. The van der Waals surface area contributed by atoms with Crippen molar-refractivity contribution in [2.24, 2.45) is 5.73 Å². The topological polar surface area (TPSA) is 159 Å². The number of carboxylic acid groups (broad SMARTS) is 1. The number of carbonyl (C=O) groups excluding carboxylic acids is 1. The fourth-order valence-electron chi connectivity index (χ4n) is 1.39. The van der Waals surface area contributed by atoms with Crippen molar-refractivity contribution in [1.82, 2.24) is 5.32 Å². The molecule has 0 aromatic heterocycles. The van der Waals surface area contributed by atoms with Gasteiger partial charge in [-0.05, 0) is 24.6 Å². The van der Waals surface area contributed by atoms with Crippen LogP contribution >= 0.6 is 11.6 Å². The normalized spacial score (nSPS) is 12.5. The van der Waals surface area contributed by atoms with Crippen LogP contribution in [0.15, 0.2) is 17.0 Å². The van der Waals surface area contributed by atoms with Gasteiger partial charge in [-0.25, -0.2) is 4.79 Å². The zero-order valence-electron chi connectivity index (χ0n) is 11.3. The molecule has 0 spiro atoms. The number of carbonyl (C=O) groups is 2. The summed E-state index contributed by atoms with van der Waals surface area (Å²) in [7, 11) is -4.49. The van der Waals surface area contributed by atoms with Crippen molar-refractivity contribution in [3.63, 3.8) is 0 Å². The first kappa shape index (κ1) is 18.2. The smallest absolute Gasteiger partial charge is 0.322 e. The molecule has 0 bridgehead atoms. The quantitative estimate of drug-likeness (QED) is 0.481. The van der Waals surface area contributed by atoms with Gasteiger partial charge < -0.3 is 21.5 Å². The number of aliphatic carboxylic acids is 1. The summed E-state index contributed by atoms with van der Waals surface area (Å²) in [4.78, 5) is 21.7. The molecular weight excluding hydrogens is 338 g/mol. The molecule has 0 aliphatic rings. The maximum absolute atomic E-state index is 11.6. The van der Waals surface area contributed by atoms with Crippen LogP contribution in [0.3, 0.4) is 0 Å². The minimum Gasteiger partial charge on any atom is -0.480 e. The van der Waals surface area contributed by atoms with Crippen molar-refractivity contribution in [2.45, 2.75) is 17.9 Å². The number of amides is 2. The van der Waals surface area contributed by atoms with Gasteiger partial charge in [-0.15, -0.1) is 0 Å². The standard InChI is InChI=1S/C11H14ClN3O6S/c1-5-7(12)2-6(22(19,20)21)3-9(5)15-11(18)14-4-8(13)10(16)17/h2-3,8H,4,13H2,1H3,(H,16,17)(H2,14,15,18)(H,19,20,21)/t8-/m1/s1. The molecule has 11 heteroatoms. The minimum atomic E-state index is -4.49. The number of anilines is 1. The molecule has 0 saturated carbocycles. The fraction of sp³-hybridized carbons (Fsp3) is 0.273. The van der Waals surface area contributed by atoms with Crippen LogP contribution in [0.4, 0.5) is 10.5 Å². The van der Waals surface area contributed by atoms with Crippen LogP contribution in [0, 0.1) is 6.92 Å². The maximum Gasteiger partial charge on any atom is 0.322 e. The van der Waals surface area contributed by atoms with Crippen molar-refractivity contribution in [3.05, 3.63) is 22.7 Å². The van der Waals surface area contributed by atoms with Crippen LogP contribution in [0.1, 0.15) is 5.56 Å². The van der Waals surface area contributed by atoms with E-state index in [1.54, 1.807) is 0 Å². The molecule has 2 amide bonds. The third kappa shape index (κ3) is 4.84. The maximum atomic E-state index is 11.6. The molecule has 0 unspecified atom stereocenters. The number of carboxylic acids is 1. The number of rotatable bonds is 5. The van der Waals surface area contributed by atoms with Gasteiger partial charge >= 0.3 is 12.0 Å². The molecule has 0 aliphatic heterocycles. The van der Waals surface area contributed by atoms with Crippen molar-refractivity contribution >= 4 is 39.4 Å². The molecule has 1 aromatic rings. The van der Waals surface area contributed by atoms with E-state index in [9.17, 15) is 18.0 Å². The molecular formula is C11H14ClN3O6S. The van der Waals surface area contributed by atoms with Gasteiger partial charge in [-0.3, -0.25) is 9.35 Å². The summed E-state index contributed by atoms with van der Waals surface area (Å²) in [6, 6.07) is -0.0222. The lowest BCUT2D eigenvalue weighted by atomic mass is 10.2. The van der Waals surface area contributed by atoms with E-state index in [0.717, 1.165) is 12.1 Å². The first-order chi connectivity index (χ1) is 10.0. The summed E-state index contributed by atoms with van der Waals surface area (Å²) < 4.78 is 31.2. The molecule has 0 saturated heterocycles.